The lowest BCUT2D eigenvalue weighted by Crippen LogP contribution is -2.49. The van der Waals surface area contributed by atoms with Crippen LogP contribution in [0, 0.1) is 0 Å². The third-order valence-corrected chi connectivity index (χ3v) is 5.75. The van der Waals surface area contributed by atoms with Gasteiger partial charge in [0.2, 0.25) is 0 Å². The van der Waals surface area contributed by atoms with Crippen molar-refractivity contribution in [2.75, 3.05) is 14.2 Å². The number of rotatable bonds is 6. The highest BCUT2D eigenvalue weighted by Crippen LogP contribution is 2.37. The lowest BCUT2D eigenvalue weighted by atomic mass is 9.96. The van der Waals surface area contributed by atoms with Crippen molar-refractivity contribution in [3.05, 3.63) is 47.9 Å². The van der Waals surface area contributed by atoms with Crippen LogP contribution in [0.4, 0.5) is 0 Å². The molecule has 2 aromatic rings. The largest absolute Gasteiger partial charge is 0.497 e. The number of piperidine rings is 1. The number of methoxy groups -OCH3 is 2. The zero-order chi connectivity index (χ0) is 18.8. The molecule has 2 aliphatic heterocycles. The molecule has 27 heavy (non-hydrogen) atoms. The quantitative estimate of drug-likeness (QED) is 0.846. The number of hydrogen-bond donors (Lipinski definition) is 1. The Kier molecular flexibility index (Phi) is 5.07. The number of furan rings is 1. The third kappa shape index (κ3) is 3.81. The minimum Gasteiger partial charge on any atom is -0.497 e. The fourth-order valence-electron chi connectivity index (χ4n) is 4.44. The molecule has 2 saturated heterocycles. The van der Waals surface area contributed by atoms with E-state index in [4.69, 9.17) is 13.9 Å². The van der Waals surface area contributed by atoms with Gasteiger partial charge in [-0.3, -0.25) is 9.69 Å². The van der Waals surface area contributed by atoms with Crippen molar-refractivity contribution in [3.8, 4) is 11.5 Å². The first-order valence-electron chi connectivity index (χ1n) is 9.48. The summed E-state index contributed by atoms with van der Waals surface area (Å²) in [4.78, 5) is 15.3. The van der Waals surface area contributed by atoms with Crippen molar-refractivity contribution < 1.29 is 18.7 Å². The van der Waals surface area contributed by atoms with Crippen LogP contribution in [0.5, 0.6) is 11.5 Å². The molecule has 3 heterocycles. The first kappa shape index (κ1) is 17.9. The van der Waals surface area contributed by atoms with Gasteiger partial charge in [-0.15, -0.1) is 0 Å². The van der Waals surface area contributed by atoms with E-state index in [1.807, 2.05) is 12.1 Å². The number of nitrogens with one attached hydrogen (secondary N) is 1. The Hall–Kier alpha value is -2.47. The number of fused-ring (bicyclic) bond motifs is 2. The first-order chi connectivity index (χ1) is 13.2. The molecule has 2 fully saturated rings. The molecule has 2 aliphatic rings. The predicted molar refractivity (Wildman–Crippen MR) is 101 cm³/mol. The summed E-state index contributed by atoms with van der Waals surface area (Å²) in [5.41, 5.74) is 0.566. The Morgan fingerprint density at radius 1 is 1.15 bits per heavy atom. The molecule has 0 spiro atoms. The van der Waals surface area contributed by atoms with Crippen molar-refractivity contribution in [1.82, 2.24) is 10.2 Å². The van der Waals surface area contributed by atoms with E-state index in [1.54, 1.807) is 38.7 Å². The van der Waals surface area contributed by atoms with Gasteiger partial charge in [0, 0.05) is 29.8 Å². The molecule has 6 heteroatoms. The van der Waals surface area contributed by atoms with Crippen LogP contribution in [0.1, 0.15) is 41.8 Å². The highest BCUT2D eigenvalue weighted by molar-refractivity contribution is 5.95. The number of amides is 1. The van der Waals surface area contributed by atoms with Gasteiger partial charge < -0.3 is 19.2 Å². The van der Waals surface area contributed by atoms with E-state index in [0.29, 0.717) is 29.1 Å². The maximum Gasteiger partial charge on any atom is 0.251 e. The van der Waals surface area contributed by atoms with E-state index in [-0.39, 0.29) is 11.9 Å². The summed E-state index contributed by atoms with van der Waals surface area (Å²) in [6.45, 7) is 0.857. The normalized spacial score (nSPS) is 24.6. The molecule has 6 nitrogen and oxygen atoms in total. The lowest BCUT2D eigenvalue weighted by molar-refractivity contribution is 0.0805. The maximum atomic E-state index is 12.8. The molecule has 3 atom stereocenters. The number of benzene rings is 1. The molecule has 0 radical (unpaired) electrons. The van der Waals surface area contributed by atoms with E-state index >= 15 is 0 Å². The topological polar surface area (TPSA) is 63.9 Å². The van der Waals surface area contributed by atoms with Gasteiger partial charge >= 0.3 is 0 Å². The number of carbonyl (C=O) groups is 1. The van der Waals surface area contributed by atoms with Crippen molar-refractivity contribution in [2.24, 2.45) is 0 Å². The third-order valence-electron chi connectivity index (χ3n) is 5.75. The second kappa shape index (κ2) is 7.64. The monoisotopic (exact) mass is 370 g/mol. The highest BCUT2D eigenvalue weighted by Gasteiger charge is 2.41. The summed E-state index contributed by atoms with van der Waals surface area (Å²) in [6.07, 6.45) is 6.05. The summed E-state index contributed by atoms with van der Waals surface area (Å²) in [7, 11) is 3.17. The molecule has 1 unspecified atom stereocenters. The molecule has 144 valence electrons. The summed E-state index contributed by atoms with van der Waals surface area (Å²) < 4.78 is 16.1. The van der Waals surface area contributed by atoms with Gasteiger partial charge in [-0.1, -0.05) is 0 Å². The highest BCUT2D eigenvalue weighted by atomic mass is 16.5. The number of nitrogens with zero attached hydrogens (tertiary/aromatic N) is 1. The van der Waals surface area contributed by atoms with Crippen LogP contribution in [-0.2, 0) is 6.54 Å². The van der Waals surface area contributed by atoms with Crippen molar-refractivity contribution in [2.45, 2.75) is 50.4 Å². The second-order valence-electron chi connectivity index (χ2n) is 7.38. The fourth-order valence-corrected chi connectivity index (χ4v) is 4.44. The van der Waals surface area contributed by atoms with Crippen LogP contribution in [0.2, 0.25) is 0 Å². The van der Waals surface area contributed by atoms with Crippen molar-refractivity contribution in [1.29, 1.82) is 0 Å². The van der Waals surface area contributed by atoms with E-state index in [2.05, 4.69) is 10.2 Å². The van der Waals surface area contributed by atoms with Gasteiger partial charge in [0.15, 0.2) is 0 Å². The molecular weight excluding hydrogens is 344 g/mol. The Balaban J connectivity index is 1.41. The average Bonchev–Trinajstić information content (AvgIpc) is 3.27. The Morgan fingerprint density at radius 2 is 1.81 bits per heavy atom. The maximum absolute atomic E-state index is 12.8. The van der Waals surface area contributed by atoms with E-state index < -0.39 is 0 Å². The molecule has 0 saturated carbocycles. The fraction of sp³-hybridized carbons (Fsp3) is 0.476. The molecular formula is C21H26N2O4. The van der Waals surface area contributed by atoms with Crippen LogP contribution in [-0.4, -0.2) is 43.2 Å². The zero-order valence-corrected chi connectivity index (χ0v) is 15.8. The summed E-state index contributed by atoms with van der Waals surface area (Å²) in [6, 6.07) is 10.4. The molecule has 1 N–H and O–H groups in total. The Bertz CT molecular complexity index is 753. The molecule has 4 rings (SSSR count). The van der Waals surface area contributed by atoms with Gasteiger partial charge in [-0.2, -0.15) is 0 Å². The van der Waals surface area contributed by atoms with E-state index in [1.165, 1.54) is 12.8 Å². The number of ether oxygens (including phenoxy) is 2. The van der Waals surface area contributed by atoms with Crippen LogP contribution >= 0.6 is 0 Å². The van der Waals surface area contributed by atoms with Crippen LogP contribution < -0.4 is 14.8 Å². The number of carbonyl (C=O) groups excluding carboxylic acids is 1. The number of hydrogen-bond acceptors (Lipinski definition) is 5. The molecule has 0 aliphatic carbocycles. The minimum atomic E-state index is -0.0731. The van der Waals surface area contributed by atoms with Crippen molar-refractivity contribution >= 4 is 5.91 Å². The molecule has 2 bridgehead atoms. The second-order valence-corrected chi connectivity index (χ2v) is 7.38. The summed E-state index contributed by atoms with van der Waals surface area (Å²) in [5, 5.41) is 3.22. The van der Waals surface area contributed by atoms with Crippen LogP contribution in [0.3, 0.4) is 0 Å². The minimum absolute atomic E-state index is 0.0731. The molecule has 1 aromatic carbocycles. The average molecular weight is 370 g/mol. The summed E-state index contributed by atoms with van der Waals surface area (Å²) in [5.74, 6) is 2.18. The van der Waals surface area contributed by atoms with Crippen LogP contribution in [0.15, 0.2) is 41.0 Å². The van der Waals surface area contributed by atoms with Gasteiger partial charge in [0.25, 0.3) is 5.91 Å². The van der Waals surface area contributed by atoms with Crippen molar-refractivity contribution in [3.63, 3.8) is 0 Å². The van der Waals surface area contributed by atoms with Gasteiger partial charge in [-0.25, -0.2) is 0 Å². The predicted octanol–water partition coefficient (Wildman–Crippen LogP) is 3.22. The van der Waals surface area contributed by atoms with Gasteiger partial charge in [0.05, 0.1) is 27.0 Å². The Labute approximate surface area is 159 Å². The zero-order valence-electron chi connectivity index (χ0n) is 15.8. The Morgan fingerprint density at radius 3 is 2.37 bits per heavy atom. The van der Waals surface area contributed by atoms with E-state index in [9.17, 15) is 4.79 Å². The standard InChI is InChI=1S/C21H26N2O4/c1-25-19-8-14(9-20(12-19)26-2)21(24)22-15-10-16-5-6-17(11-15)23(16)13-18-4-3-7-27-18/h3-4,7-9,12,15-17H,5-6,10-11,13H2,1-2H3,(H,22,24)/t15?,16-,17+. The van der Waals surface area contributed by atoms with Gasteiger partial charge in [-0.05, 0) is 49.9 Å². The van der Waals surface area contributed by atoms with E-state index in [0.717, 1.165) is 25.1 Å². The molecule has 1 aromatic heterocycles. The molecule has 1 amide bonds. The smallest absolute Gasteiger partial charge is 0.251 e. The van der Waals surface area contributed by atoms with Gasteiger partial charge in [0.1, 0.15) is 17.3 Å². The first-order valence-corrected chi connectivity index (χ1v) is 9.48. The summed E-state index contributed by atoms with van der Waals surface area (Å²) >= 11 is 0. The SMILES string of the molecule is COc1cc(OC)cc(C(=O)NC2C[C@H]3CC[C@@H](C2)N3Cc2ccco2)c1. The van der Waals surface area contributed by atoms with Crippen LogP contribution in [0.25, 0.3) is 0 Å². The lowest BCUT2D eigenvalue weighted by Gasteiger charge is -2.38.